The van der Waals surface area contributed by atoms with E-state index in [-0.39, 0.29) is 5.41 Å². The van der Waals surface area contributed by atoms with Crippen molar-refractivity contribution in [2.45, 2.75) is 31.1 Å². The van der Waals surface area contributed by atoms with Gasteiger partial charge in [-0.05, 0) is 95.8 Å². The summed E-state index contributed by atoms with van der Waals surface area (Å²) in [5, 5.41) is 4.76. The van der Waals surface area contributed by atoms with E-state index in [9.17, 15) is 0 Å². The predicted molar refractivity (Wildman–Crippen MR) is 207 cm³/mol. The summed E-state index contributed by atoms with van der Waals surface area (Å²) < 4.78 is 8.87. The van der Waals surface area contributed by atoms with Crippen molar-refractivity contribution in [2.24, 2.45) is 0 Å². The van der Waals surface area contributed by atoms with Crippen molar-refractivity contribution in [3.63, 3.8) is 0 Å². The molecule has 9 aromatic rings. The molecule has 0 unspecified atom stereocenters. The molecule has 0 bridgehead atoms. The molecule has 0 amide bonds. The number of furan rings is 1. The van der Waals surface area contributed by atoms with Crippen molar-refractivity contribution >= 4 is 60.8 Å². The van der Waals surface area contributed by atoms with Gasteiger partial charge >= 0.3 is 0 Å². The van der Waals surface area contributed by atoms with E-state index in [1.54, 1.807) is 0 Å². The first-order valence-corrected chi connectivity index (χ1v) is 17.8. The Hall–Kier alpha value is -6.06. The molecule has 11 rings (SSSR count). The van der Waals surface area contributed by atoms with Gasteiger partial charge in [0, 0.05) is 38.6 Å². The van der Waals surface area contributed by atoms with Gasteiger partial charge in [0.05, 0.1) is 22.1 Å². The summed E-state index contributed by atoms with van der Waals surface area (Å²) in [6, 6.07) is 57.8. The second kappa shape index (κ2) is 10.5. The Kier molecular flexibility index (Phi) is 5.83. The number of aromatic nitrogens is 1. The number of benzene rings is 7. The SMILES string of the molecule is c1ccc(-n2c3ccccc3c3ccc(N(c4ccc5c(c4)C4(CCCC4)c4ccccc4-5)c4cccc5oc6ccccc6c45)cc32)cc1. The average Bonchev–Trinajstić information content (AvgIpc) is 3.95. The minimum absolute atomic E-state index is 0.0750. The second-order valence-corrected chi connectivity index (χ2v) is 14.0. The van der Waals surface area contributed by atoms with Crippen LogP contribution in [0.5, 0.6) is 0 Å². The van der Waals surface area contributed by atoms with Crippen molar-refractivity contribution in [1.82, 2.24) is 4.57 Å². The van der Waals surface area contributed by atoms with Gasteiger partial charge in [-0.3, -0.25) is 0 Å². The number of hydrogen-bond donors (Lipinski definition) is 0. The molecule has 3 nitrogen and oxygen atoms in total. The maximum absolute atomic E-state index is 6.46. The van der Waals surface area contributed by atoms with Gasteiger partial charge in [-0.2, -0.15) is 0 Å². The molecule has 2 aliphatic carbocycles. The summed E-state index contributed by atoms with van der Waals surface area (Å²) in [5.41, 5.74) is 14.6. The number of rotatable bonds is 4. The van der Waals surface area contributed by atoms with E-state index >= 15 is 0 Å². The summed E-state index contributed by atoms with van der Waals surface area (Å²) in [6.07, 6.45) is 4.93. The van der Waals surface area contributed by atoms with Crippen LogP contribution in [-0.2, 0) is 5.41 Å². The fourth-order valence-corrected chi connectivity index (χ4v) is 9.42. The van der Waals surface area contributed by atoms with Gasteiger partial charge in [-0.25, -0.2) is 0 Å². The lowest BCUT2D eigenvalue weighted by Crippen LogP contribution is -2.21. The van der Waals surface area contributed by atoms with Crippen LogP contribution in [0.3, 0.4) is 0 Å². The highest BCUT2D eigenvalue weighted by molar-refractivity contribution is 6.14. The van der Waals surface area contributed by atoms with Gasteiger partial charge in [0.25, 0.3) is 0 Å². The fraction of sp³-hybridized carbons (Fsp3) is 0.106. The third-order valence-corrected chi connectivity index (χ3v) is 11.5. The van der Waals surface area contributed by atoms with E-state index < -0.39 is 0 Å². The number of anilines is 3. The van der Waals surface area contributed by atoms with Crippen molar-refractivity contribution in [2.75, 3.05) is 4.90 Å². The molecule has 50 heavy (non-hydrogen) atoms. The Morgan fingerprint density at radius 1 is 0.500 bits per heavy atom. The highest BCUT2D eigenvalue weighted by Gasteiger charge is 2.45. The van der Waals surface area contributed by atoms with Crippen LogP contribution in [0.1, 0.15) is 36.8 Å². The van der Waals surface area contributed by atoms with Gasteiger partial charge in [0.15, 0.2) is 0 Å². The first-order valence-electron chi connectivity index (χ1n) is 17.8. The third kappa shape index (κ3) is 3.80. The summed E-state index contributed by atoms with van der Waals surface area (Å²) in [7, 11) is 0. The molecule has 2 aromatic heterocycles. The van der Waals surface area contributed by atoms with Crippen molar-refractivity contribution in [1.29, 1.82) is 0 Å². The maximum Gasteiger partial charge on any atom is 0.137 e. The summed E-state index contributed by atoms with van der Waals surface area (Å²) >= 11 is 0. The van der Waals surface area contributed by atoms with E-state index in [1.165, 1.54) is 75.4 Å². The van der Waals surface area contributed by atoms with Crippen LogP contribution < -0.4 is 4.90 Å². The number of para-hydroxylation sites is 3. The maximum atomic E-state index is 6.46. The molecule has 0 saturated heterocycles. The molecule has 1 spiro atoms. The average molecular weight is 643 g/mol. The van der Waals surface area contributed by atoms with Crippen LogP contribution in [0, 0.1) is 0 Å². The lowest BCUT2D eigenvalue weighted by molar-refractivity contribution is 0.550. The van der Waals surface area contributed by atoms with Gasteiger partial charge in [0.1, 0.15) is 11.2 Å². The molecule has 0 N–H and O–H groups in total. The minimum Gasteiger partial charge on any atom is -0.456 e. The van der Waals surface area contributed by atoms with Crippen molar-refractivity contribution in [3.8, 4) is 16.8 Å². The fourth-order valence-electron chi connectivity index (χ4n) is 9.42. The standard InChI is InChI=1S/C47H34N2O/c1-2-13-31(14-3-1)49-41-19-8-5-16-36(41)37-26-24-33(30-43(37)49)48(42-20-12-22-45-46(42)38-17-6-9-21-44(38)50-45)32-23-25-35-34-15-4-7-18-39(34)47(40(35)29-32)27-10-11-28-47/h1-9,12-26,29-30H,10-11,27-28H2. The minimum atomic E-state index is 0.0750. The zero-order valence-corrected chi connectivity index (χ0v) is 27.6. The molecule has 3 heteroatoms. The second-order valence-electron chi connectivity index (χ2n) is 14.0. The van der Waals surface area contributed by atoms with Gasteiger partial charge in [-0.1, -0.05) is 110 Å². The molecular weight excluding hydrogens is 609 g/mol. The van der Waals surface area contributed by atoms with E-state index in [2.05, 4.69) is 167 Å². The number of fused-ring (bicyclic) bond motifs is 11. The highest BCUT2D eigenvalue weighted by Crippen LogP contribution is 2.58. The molecule has 2 heterocycles. The molecule has 1 saturated carbocycles. The van der Waals surface area contributed by atoms with Crippen LogP contribution in [0.25, 0.3) is 60.6 Å². The first kappa shape index (κ1) is 27.8. The normalized spacial score (nSPS) is 14.6. The molecule has 7 aromatic carbocycles. The zero-order valence-electron chi connectivity index (χ0n) is 27.6. The Morgan fingerprint density at radius 2 is 1.18 bits per heavy atom. The largest absolute Gasteiger partial charge is 0.456 e. The Morgan fingerprint density at radius 3 is 2.08 bits per heavy atom. The lowest BCUT2D eigenvalue weighted by atomic mass is 9.76. The van der Waals surface area contributed by atoms with Crippen molar-refractivity contribution in [3.05, 3.63) is 169 Å². The van der Waals surface area contributed by atoms with E-state index in [0.717, 1.165) is 39.0 Å². The van der Waals surface area contributed by atoms with E-state index in [1.807, 2.05) is 0 Å². The predicted octanol–water partition coefficient (Wildman–Crippen LogP) is 13.0. The molecule has 2 aliphatic rings. The van der Waals surface area contributed by atoms with Crippen molar-refractivity contribution < 1.29 is 4.42 Å². The molecule has 0 atom stereocenters. The smallest absolute Gasteiger partial charge is 0.137 e. The van der Waals surface area contributed by atoms with Crippen LogP contribution >= 0.6 is 0 Å². The van der Waals surface area contributed by atoms with Crippen LogP contribution in [0.15, 0.2) is 162 Å². The van der Waals surface area contributed by atoms with Gasteiger partial charge in [0.2, 0.25) is 0 Å². The number of nitrogens with zero attached hydrogens (tertiary/aromatic N) is 2. The Labute approximate surface area is 290 Å². The van der Waals surface area contributed by atoms with Crippen LogP contribution in [0.4, 0.5) is 17.1 Å². The summed E-state index contributed by atoms with van der Waals surface area (Å²) in [5.74, 6) is 0. The lowest BCUT2D eigenvalue weighted by Gasteiger charge is -2.30. The van der Waals surface area contributed by atoms with Gasteiger partial charge in [-0.15, -0.1) is 0 Å². The molecule has 0 aliphatic heterocycles. The summed E-state index contributed by atoms with van der Waals surface area (Å²) in [4.78, 5) is 2.47. The quantitative estimate of drug-likeness (QED) is 0.190. The van der Waals surface area contributed by atoms with Crippen LogP contribution in [-0.4, -0.2) is 4.57 Å². The Balaban J connectivity index is 1.21. The summed E-state index contributed by atoms with van der Waals surface area (Å²) in [6.45, 7) is 0. The molecular formula is C47H34N2O. The molecule has 1 fully saturated rings. The Bertz CT molecular complexity index is 2780. The monoisotopic (exact) mass is 642 g/mol. The molecule has 0 radical (unpaired) electrons. The molecule has 238 valence electrons. The van der Waals surface area contributed by atoms with Gasteiger partial charge < -0.3 is 13.9 Å². The highest BCUT2D eigenvalue weighted by atomic mass is 16.3. The van der Waals surface area contributed by atoms with Crippen LogP contribution in [0.2, 0.25) is 0 Å². The zero-order chi connectivity index (χ0) is 32.8. The first-order chi connectivity index (χ1) is 24.8. The van der Waals surface area contributed by atoms with E-state index in [0.29, 0.717) is 0 Å². The topological polar surface area (TPSA) is 21.3 Å². The third-order valence-electron chi connectivity index (χ3n) is 11.5. The van der Waals surface area contributed by atoms with E-state index in [4.69, 9.17) is 4.42 Å². The number of hydrogen-bond acceptors (Lipinski definition) is 2.